The summed E-state index contributed by atoms with van der Waals surface area (Å²) in [5.74, 6) is 0. The van der Waals surface area contributed by atoms with Gasteiger partial charge in [0.1, 0.15) is 0 Å². The summed E-state index contributed by atoms with van der Waals surface area (Å²) in [6.45, 7) is 4.39. The summed E-state index contributed by atoms with van der Waals surface area (Å²) in [5, 5.41) is 17.0. The van der Waals surface area contributed by atoms with E-state index in [-0.39, 0.29) is 0 Å². The van der Waals surface area contributed by atoms with Crippen molar-refractivity contribution < 1.29 is 5.41 Å². The Kier molecular flexibility index (Phi) is 4.39. The molecule has 0 saturated heterocycles. The predicted molar refractivity (Wildman–Crippen MR) is 83.1 cm³/mol. The van der Waals surface area contributed by atoms with Gasteiger partial charge in [-0.05, 0) is 29.3 Å². The normalized spacial score (nSPS) is 15.2. The molecule has 0 bridgehead atoms. The summed E-state index contributed by atoms with van der Waals surface area (Å²) >= 11 is 4.47. The Hall–Kier alpha value is -1.59. The van der Waals surface area contributed by atoms with Crippen molar-refractivity contribution >= 4 is 29.9 Å². The number of hydrogen-bond donors (Lipinski definition) is 4. The number of thiol groups is 1. The van der Waals surface area contributed by atoms with Gasteiger partial charge in [0.15, 0.2) is 5.71 Å². The smallest absolute Gasteiger partial charge is 0.169 e. The van der Waals surface area contributed by atoms with E-state index >= 15 is 0 Å². The van der Waals surface area contributed by atoms with Crippen molar-refractivity contribution in [2.24, 2.45) is 0 Å². The second kappa shape index (κ2) is 6.04. The number of allylic oxidation sites excluding steroid dienone is 2. The Morgan fingerprint density at radius 1 is 1.47 bits per heavy atom. The molecular weight excluding hydrogens is 256 g/mol. The first-order valence-corrected chi connectivity index (χ1v) is 6.64. The number of anilines is 1. The van der Waals surface area contributed by atoms with Crippen LogP contribution in [0.2, 0.25) is 0 Å². The lowest BCUT2D eigenvalue weighted by atomic mass is 10.0. The largest absolute Gasteiger partial charge is 0.317 e. The van der Waals surface area contributed by atoms with Crippen LogP contribution in [-0.4, -0.2) is 24.5 Å². The summed E-state index contributed by atoms with van der Waals surface area (Å²) in [6.07, 6.45) is 3.47. The van der Waals surface area contributed by atoms with E-state index in [1.54, 1.807) is 12.2 Å². The fourth-order valence-corrected chi connectivity index (χ4v) is 2.28. The van der Waals surface area contributed by atoms with Gasteiger partial charge < -0.3 is 15.0 Å². The number of rotatable bonds is 3. The summed E-state index contributed by atoms with van der Waals surface area (Å²) in [4.78, 5) is 0. The van der Waals surface area contributed by atoms with Gasteiger partial charge in [0.05, 0.1) is 11.4 Å². The lowest BCUT2D eigenvalue weighted by molar-refractivity contribution is -0.112. The van der Waals surface area contributed by atoms with Crippen molar-refractivity contribution in [1.82, 2.24) is 5.32 Å². The Morgan fingerprint density at radius 2 is 2.26 bits per heavy atom. The van der Waals surface area contributed by atoms with Crippen LogP contribution in [0, 0.1) is 5.41 Å². The standard InChI is InChI=1S/C14H18N4S/c1-10(15)2-4-13(16)11-3-5-14-12(8-11)9-17-6-7-18(14)19/h2-5,8,15-17,19H,6-7,9H2,1H3/p+1/b4-2-,15-10?,16-13?. The van der Waals surface area contributed by atoms with Gasteiger partial charge in [-0.15, -0.1) is 0 Å². The molecule has 2 rings (SSSR count). The van der Waals surface area contributed by atoms with Crippen molar-refractivity contribution in [1.29, 1.82) is 5.41 Å². The van der Waals surface area contributed by atoms with E-state index in [2.05, 4.69) is 18.1 Å². The van der Waals surface area contributed by atoms with Gasteiger partial charge in [0.2, 0.25) is 0 Å². The van der Waals surface area contributed by atoms with E-state index in [4.69, 9.17) is 10.8 Å². The fraction of sp³-hybridized carbons (Fsp3) is 0.286. The van der Waals surface area contributed by atoms with Gasteiger partial charge in [0, 0.05) is 32.6 Å². The van der Waals surface area contributed by atoms with E-state index in [0.29, 0.717) is 11.4 Å². The lowest BCUT2D eigenvalue weighted by Gasteiger charge is -2.17. The van der Waals surface area contributed by atoms with Crippen molar-refractivity contribution in [2.45, 2.75) is 13.5 Å². The molecule has 1 aromatic rings. The van der Waals surface area contributed by atoms with Crippen LogP contribution >= 0.6 is 12.8 Å². The monoisotopic (exact) mass is 275 g/mol. The number of fused-ring (bicyclic) bond motifs is 1. The number of nitrogens with zero attached hydrogens (tertiary/aromatic N) is 1. The molecule has 4 nitrogen and oxygen atoms in total. The molecule has 0 aromatic heterocycles. The zero-order valence-corrected chi connectivity index (χ0v) is 11.9. The zero-order valence-electron chi connectivity index (χ0n) is 11.0. The van der Waals surface area contributed by atoms with Crippen LogP contribution in [0.1, 0.15) is 18.1 Å². The first kappa shape index (κ1) is 13.8. The highest BCUT2D eigenvalue weighted by Crippen LogP contribution is 2.25. The highest BCUT2D eigenvalue weighted by Gasteiger charge is 2.13. The van der Waals surface area contributed by atoms with Gasteiger partial charge in [-0.3, -0.25) is 5.41 Å². The van der Waals surface area contributed by atoms with Crippen molar-refractivity contribution in [2.75, 3.05) is 17.4 Å². The van der Waals surface area contributed by atoms with Crippen LogP contribution in [0.25, 0.3) is 0 Å². The third kappa shape index (κ3) is 3.45. The van der Waals surface area contributed by atoms with Crippen LogP contribution in [0.4, 0.5) is 5.69 Å². The number of benzene rings is 1. The van der Waals surface area contributed by atoms with E-state index in [0.717, 1.165) is 36.4 Å². The summed E-state index contributed by atoms with van der Waals surface area (Å²) < 4.78 is 1.94. The molecule has 0 amide bonds. The molecule has 0 spiro atoms. The molecule has 0 atom stereocenters. The minimum absolute atomic E-state index is 0.461. The second-order valence-corrected chi connectivity index (χ2v) is 5.12. The second-order valence-electron chi connectivity index (χ2n) is 4.63. The van der Waals surface area contributed by atoms with E-state index in [1.807, 2.05) is 29.4 Å². The first-order valence-electron chi connectivity index (χ1n) is 6.24. The Balaban J connectivity index is 2.27. The summed E-state index contributed by atoms with van der Waals surface area (Å²) in [7, 11) is 0. The molecular formula is C14H19N4S+. The molecule has 0 fully saturated rings. The minimum atomic E-state index is 0.461. The van der Waals surface area contributed by atoms with Crippen LogP contribution < -0.4 is 15.0 Å². The Bertz CT molecular complexity index is 536. The average Bonchev–Trinajstić information content (AvgIpc) is 2.57. The quantitative estimate of drug-likeness (QED) is 0.482. The topological polar surface area (TPSA) is 64.7 Å². The number of nitrogens with one attached hydrogen (secondary N) is 2. The van der Waals surface area contributed by atoms with E-state index in [1.165, 1.54) is 0 Å². The summed E-state index contributed by atoms with van der Waals surface area (Å²) in [6, 6.07) is 6.01. The molecule has 0 radical (unpaired) electrons. The SMILES string of the molecule is CC(=[NH2+])/C=C\C(=N)c1ccc2c(c1)CNCCN2S. The Labute approximate surface area is 119 Å². The molecule has 4 N–H and O–H groups in total. The highest BCUT2D eigenvalue weighted by atomic mass is 32.1. The minimum Gasteiger partial charge on any atom is -0.317 e. The molecule has 1 aliphatic heterocycles. The first-order chi connectivity index (χ1) is 9.08. The van der Waals surface area contributed by atoms with Gasteiger partial charge in [-0.1, -0.05) is 18.9 Å². The third-order valence-electron chi connectivity index (χ3n) is 3.00. The molecule has 100 valence electrons. The maximum absolute atomic E-state index is 8.04. The molecule has 1 heterocycles. The molecule has 0 unspecified atom stereocenters. The van der Waals surface area contributed by atoms with Gasteiger partial charge in [-0.25, -0.2) is 0 Å². The predicted octanol–water partition coefficient (Wildman–Crippen LogP) is 0.585. The summed E-state index contributed by atoms with van der Waals surface area (Å²) in [5.41, 5.74) is 4.32. The van der Waals surface area contributed by atoms with Crippen molar-refractivity contribution in [3.63, 3.8) is 0 Å². The van der Waals surface area contributed by atoms with Crippen molar-refractivity contribution in [3.8, 4) is 0 Å². The maximum atomic E-state index is 8.04. The average molecular weight is 275 g/mol. The van der Waals surface area contributed by atoms with Gasteiger partial charge >= 0.3 is 0 Å². The molecule has 19 heavy (non-hydrogen) atoms. The molecule has 1 aromatic carbocycles. The Morgan fingerprint density at radius 3 is 3.00 bits per heavy atom. The molecule has 0 aliphatic carbocycles. The van der Waals surface area contributed by atoms with Crippen LogP contribution in [-0.2, 0) is 6.54 Å². The number of hydrogen-bond acceptors (Lipinski definition) is 4. The van der Waals surface area contributed by atoms with Gasteiger partial charge in [-0.2, -0.15) is 0 Å². The third-order valence-corrected chi connectivity index (χ3v) is 3.41. The van der Waals surface area contributed by atoms with Crippen LogP contribution in [0.5, 0.6) is 0 Å². The highest BCUT2D eigenvalue weighted by molar-refractivity contribution is 7.81. The fourth-order valence-electron chi connectivity index (χ4n) is 1.99. The van der Waals surface area contributed by atoms with Crippen molar-refractivity contribution in [3.05, 3.63) is 41.5 Å². The zero-order chi connectivity index (χ0) is 13.8. The van der Waals surface area contributed by atoms with E-state index < -0.39 is 0 Å². The van der Waals surface area contributed by atoms with Crippen LogP contribution in [0.15, 0.2) is 30.4 Å². The van der Waals surface area contributed by atoms with Crippen LogP contribution in [0.3, 0.4) is 0 Å². The molecule has 0 saturated carbocycles. The molecule has 5 heteroatoms. The van der Waals surface area contributed by atoms with E-state index in [9.17, 15) is 0 Å². The molecule has 1 aliphatic rings. The lowest BCUT2D eigenvalue weighted by Crippen LogP contribution is -2.36. The maximum Gasteiger partial charge on any atom is 0.169 e. The number of nitrogens with two attached hydrogens (primary N) is 1. The van der Waals surface area contributed by atoms with Gasteiger partial charge in [0.25, 0.3) is 0 Å².